The van der Waals surface area contributed by atoms with Crippen molar-refractivity contribution in [3.05, 3.63) is 70.8 Å². The molecular formula is C22H26F2N2O4S. The molecule has 9 heteroatoms. The molecule has 1 amide bonds. The maximum Gasteiger partial charge on any atom is 0.221 e. The molecule has 168 valence electrons. The lowest BCUT2D eigenvalue weighted by Gasteiger charge is -2.37. The molecule has 6 nitrogen and oxygen atoms in total. The molecule has 0 radical (unpaired) electrons. The van der Waals surface area contributed by atoms with E-state index in [-0.39, 0.29) is 30.1 Å². The largest absolute Gasteiger partial charge is 0.396 e. The predicted octanol–water partition coefficient (Wildman–Crippen LogP) is 2.97. The molecule has 0 aliphatic carbocycles. The van der Waals surface area contributed by atoms with Crippen LogP contribution in [0.25, 0.3) is 0 Å². The number of primary amides is 1. The fourth-order valence-corrected chi connectivity index (χ4v) is 6.26. The molecule has 3 rings (SSSR count). The molecule has 1 fully saturated rings. The van der Waals surface area contributed by atoms with Gasteiger partial charge >= 0.3 is 0 Å². The molecule has 1 heterocycles. The number of hydrogen-bond acceptors (Lipinski definition) is 4. The number of amides is 1. The summed E-state index contributed by atoms with van der Waals surface area (Å²) in [5, 5.41) is 8.69. The lowest BCUT2D eigenvalue weighted by molar-refractivity contribution is -0.118. The fraction of sp³-hybridized carbons (Fsp3) is 0.409. The second-order valence-electron chi connectivity index (χ2n) is 7.93. The Labute approximate surface area is 180 Å². The van der Waals surface area contributed by atoms with Crippen molar-refractivity contribution in [3.8, 4) is 0 Å². The van der Waals surface area contributed by atoms with E-state index in [1.165, 1.54) is 4.31 Å². The second-order valence-corrected chi connectivity index (χ2v) is 10.00. The number of benzene rings is 2. The molecule has 31 heavy (non-hydrogen) atoms. The van der Waals surface area contributed by atoms with Gasteiger partial charge in [0.05, 0.1) is 6.61 Å². The highest BCUT2D eigenvalue weighted by Gasteiger charge is 2.40. The minimum atomic E-state index is -3.80. The van der Waals surface area contributed by atoms with Crippen molar-refractivity contribution in [3.63, 3.8) is 0 Å². The number of rotatable bonds is 7. The molecule has 3 atom stereocenters. The zero-order chi connectivity index (χ0) is 22.8. The van der Waals surface area contributed by atoms with Gasteiger partial charge < -0.3 is 10.8 Å². The van der Waals surface area contributed by atoms with E-state index in [2.05, 4.69) is 0 Å². The van der Waals surface area contributed by atoms with Crippen LogP contribution in [0.4, 0.5) is 8.78 Å². The maximum absolute atomic E-state index is 14.8. The van der Waals surface area contributed by atoms with Crippen molar-refractivity contribution in [2.75, 3.05) is 6.61 Å². The third-order valence-electron chi connectivity index (χ3n) is 5.80. The quantitative estimate of drug-likeness (QED) is 0.674. The summed E-state index contributed by atoms with van der Waals surface area (Å²) in [4.78, 5) is 11.1. The van der Waals surface area contributed by atoms with E-state index in [0.717, 1.165) is 12.1 Å². The Morgan fingerprint density at radius 2 is 1.87 bits per heavy atom. The molecule has 3 unspecified atom stereocenters. The standard InChI is InChI=1S/C22H26F2N2O4S/c1-14-7-8-21(15-5-3-2-4-6-15)31(29,30)26(14)12-16-9-20(24)18(11-19(16)23)17(13-27)10-22(25)28/h2-6,9,11,14,17,21,27H,7-8,10,12-13H2,1H3,(H2,25,28). The predicted molar refractivity (Wildman–Crippen MR) is 112 cm³/mol. The molecular weight excluding hydrogens is 426 g/mol. The number of aliphatic hydroxyl groups is 1. The topological polar surface area (TPSA) is 101 Å². The van der Waals surface area contributed by atoms with Crippen molar-refractivity contribution < 1.29 is 27.1 Å². The van der Waals surface area contributed by atoms with Crippen molar-refractivity contribution in [1.82, 2.24) is 4.31 Å². The number of carbonyl (C=O) groups is 1. The summed E-state index contributed by atoms with van der Waals surface area (Å²) in [6.07, 6.45) is 0.708. The van der Waals surface area contributed by atoms with Crippen LogP contribution in [0, 0.1) is 11.6 Å². The molecule has 2 aromatic rings. The van der Waals surface area contributed by atoms with Gasteiger partial charge in [0, 0.05) is 30.5 Å². The van der Waals surface area contributed by atoms with Gasteiger partial charge in [-0.15, -0.1) is 0 Å². The van der Waals surface area contributed by atoms with E-state index in [9.17, 15) is 27.1 Å². The van der Waals surface area contributed by atoms with Crippen molar-refractivity contribution in [1.29, 1.82) is 0 Å². The lowest BCUT2D eigenvalue weighted by atomic mass is 9.94. The van der Waals surface area contributed by atoms with Gasteiger partial charge in [0.1, 0.15) is 16.9 Å². The van der Waals surface area contributed by atoms with Gasteiger partial charge in [-0.2, -0.15) is 4.31 Å². The summed E-state index contributed by atoms with van der Waals surface area (Å²) in [5.41, 5.74) is 5.50. The Bertz CT molecular complexity index is 1050. The number of halogens is 2. The Morgan fingerprint density at radius 3 is 2.48 bits per heavy atom. The first-order chi connectivity index (χ1) is 14.6. The highest BCUT2D eigenvalue weighted by atomic mass is 32.2. The minimum Gasteiger partial charge on any atom is -0.396 e. The summed E-state index contributed by atoms with van der Waals surface area (Å²) in [7, 11) is -3.80. The van der Waals surface area contributed by atoms with Crippen LogP contribution in [0.5, 0.6) is 0 Å². The number of aliphatic hydroxyl groups excluding tert-OH is 1. The number of nitrogens with two attached hydrogens (primary N) is 1. The van der Waals surface area contributed by atoms with Gasteiger partial charge in [-0.3, -0.25) is 4.79 Å². The highest BCUT2D eigenvalue weighted by molar-refractivity contribution is 7.89. The van der Waals surface area contributed by atoms with Gasteiger partial charge in [-0.05, 0) is 43.0 Å². The minimum absolute atomic E-state index is 0.110. The smallest absolute Gasteiger partial charge is 0.221 e. The van der Waals surface area contributed by atoms with Crippen LogP contribution in [0.1, 0.15) is 54.0 Å². The highest BCUT2D eigenvalue weighted by Crippen LogP contribution is 2.38. The lowest BCUT2D eigenvalue weighted by Crippen LogP contribution is -2.44. The number of hydrogen-bond donors (Lipinski definition) is 2. The van der Waals surface area contributed by atoms with Crippen LogP contribution < -0.4 is 5.73 Å². The van der Waals surface area contributed by atoms with E-state index >= 15 is 0 Å². The van der Waals surface area contributed by atoms with Crippen molar-refractivity contribution >= 4 is 15.9 Å². The molecule has 3 N–H and O–H groups in total. The maximum atomic E-state index is 14.8. The van der Waals surface area contributed by atoms with Crippen LogP contribution in [-0.2, 0) is 21.4 Å². The third kappa shape index (κ3) is 4.94. The molecule has 1 saturated heterocycles. The SMILES string of the molecule is CC1CCC(c2ccccc2)S(=O)(=O)N1Cc1cc(F)c(C(CO)CC(N)=O)cc1F. The molecule has 0 aromatic heterocycles. The van der Waals surface area contributed by atoms with Gasteiger partial charge in [-0.1, -0.05) is 30.3 Å². The van der Waals surface area contributed by atoms with Crippen LogP contribution in [-0.4, -0.2) is 36.4 Å². The van der Waals surface area contributed by atoms with Crippen LogP contribution in [0.2, 0.25) is 0 Å². The van der Waals surface area contributed by atoms with Gasteiger partial charge in [0.2, 0.25) is 15.9 Å². The van der Waals surface area contributed by atoms with Gasteiger partial charge in [0.15, 0.2) is 0 Å². The van der Waals surface area contributed by atoms with Crippen molar-refractivity contribution in [2.45, 2.75) is 49.9 Å². The molecule has 0 spiro atoms. The monoisotopic (exact) mass is 452 g/mol. The van der Waals surface area contributed by atoms with E-state index in [1.807, 2.05) is 0 Å². The first-order valence-corrected chi connectivity index (χ1v) is 11.6. The first-order valence-electron chi connectivity index (χ1n) is 10.1. The number of carbonyl (C=O) groups excluding carboxylic acids is 1. The Morgan fingerprint density at radius 1 is 1.19 bits per heavy atom. The zero-order valence-electron chi connectivity index (χ0n) is 17.2. The normalized spacial score (nSPS) is 22.2. The molecule has 0 saturated carbocycles. The van der Waals surface area contributed by atoms with Crippen LogP contribution in [0.3, 0.4) is 0 Å². The van der Waals surface area contributed by atoms with E-state index in [1.54, 1.807) is 37.3 Å². The summed E-state index contributed by atoms with van der Waals surface area (Å²) in [6, 6.07) is 10.3. The molecule has 0 bridgehead atoms. The van der Waals surface area contributed by atoms with Gasteiger partial charge in [-0.25, -0.2) is 17.2 Å². The Kier molecular flexibility index (Phi) is 7.08. The van der Waals surface area contributed by atoms with Gasteiger partial charge in [0.25, 0.3) is 0 Å². The van der Waals surface area contributed by atoms with Crippen molar-refractivity contribution in [2.24, 2.45) is 5.73 Å². The Hall–Kier alpha value is -2.36. The zero-order valence-corrected chi connectivity index (χ0v) is 18.0. The summed E-state index contributed by atoms with van der Waals surface area (Å²) in [6.45, 7) is 0.862. The van der Waals surface area contributed by atoms with E-state index < -0.39 is 45.3 Å². The second kappa shape index (κ2) is 9.42. The number of sulfonamides is 1. The first kappa shape index (κ1) is 23.3. The fourth-order valence-electron chi connectivity index (χ4n) is 4.07. The molecule has 1 aliphatic rings. The molecule has 1 aliphatic heterocycles. The summed E-state index contributed by atoms with van der Waals surface area (Å²) in [5.74, 6) is -3.34. The Balaban J connectivity index is 1.91. The average Bonchev–Trinajstić information content (AvgIpc) is 2.72. The average molecular weight is 453 g/mol. The van der Waals surface area contributed by atoms with E-state index in [0.29, 0.717) is 18.4 Å². The van der Waals surface area contributed by atoms with Crippen LogP contribution >= 0.6 is 0 Å². The van der Waals surface area contributed by atoms with Crippen LogP contribution in [0.15, 0.2) is 42.5 Å². The number of nitrogens with zero attached hydrogens (tertiary/aromatic N) is 1. The summed E-state index contributed by atoms with van der Waals surface area (Å²) < 4.78 is 57.3. The van der Waals surface area contributed by atoms with E-state index in [4.69, 9.17) is 5.73 Å². The molecule has 2 aromatic carbocycles. The summed E-state index contributed by atoms with van der Waals surface area (Å²) >= 11 is 0. The third-order valence-corrected chi connectivity index (χ3v) is 8.17.